The molecular formula is C22H28N3O6P. The number of rotatable bonds is 10. The van der Waals surface area contributed by atoms with Crippen molar-refractivity contribution in [3.63, 3.8) is 0 Å². The van der Waals surface area contributed by atoms with Gasteiger partial charge in [0.25, 0.3) is 11.6 Å². The van der Waals surface area contributed by atoms with E-state index in [0.717, 1.165) is 25.9 Å². The zero-order chi connectivity index (χ0) is 23.1. The average Bonchev–Trinajstić information content (AvgIpc) is 3.32. The lowest BCUT2D eigenvalue weighted by atomic mass is 10.1. The van der Waals surface area contributed by atoms with Gasteiger partial charge in [-0.1, -0.05) is 30.3 Å². The Morgan fingerprint density at radius 3 is 2.31 bits per heavy atom. The molecule has 1 atom stereocenters. The number of nitrogens with zero attached hydrogens (tertiary/aromatic N) is 2. The van der Waals surface area contributed by atoms with Crippen LogP contribution in [0.25, 0.3) is 0 Å². The monoisotopic (exact) mass is 461 g/mol. The van der Waals surface area contributed by atoms with Crippen LogP contribution in [0.3, 0.4) is 0 Å². The standard InChI is InChI=1S/C22H28N3O6P/c1-3-30-32(29,31-4-2)22(17-10-6-5-7-11-17)23-21(26)18-12-13-19(20(16-18)25(27)28)24-14-8-9-15-24/h5-7,10-13,16,22H,3-4,8-9,14-15H2,1-2H3,(H,23,26)/t22-/m1/s1. The Labute approximate surface area is 187 Å². The Morgan fingerprint density at radius 1 is 1.12 bits per heavy atom. The van der Waals surface area contributed by atoms with E-state index in [-0.39, 0.29) is 24.5 Å². The maximum atomic E-state index is 13.5. The predicted molar refractivity (Wildman–Crippen MR) is 122 cm³/mol. The molecule has 9 nitrogen and oxygen atoms in total. The minimum atomic E-state index is -3.76. The van der Waals surface area contributed by atoms with E-state index in [0.29, 0.717) is 11.3 Å². The Balaban J connectivity index is 1.94. The number of nitro groups is 1. The molecule has 2 aromatic rings. The molecule has 1 saturated heterocycles. The molecule has 172 valence electrons. The third-order valence-corrected chi connectivity index (χ3v) is 7.49. The Morgan fingerprint density at radius 2 is 1.75 bits per heavy atom. The van der Waals surface area contributed by atoms with Crippen LogP contribution in [0.5, 0.6) is 0 Å². The van der Waals surface area contributed by atoms with Gasteiger partial charge in [0.1, 0.15) is 5.69 Å². The molecule has 1 fully saturated rings. The van der Waals surface area contributed by atoms with Gasteiger partial charge in [0, 0.05) is 24.7 Å². The molecule has 10 heteroatoms. The lowest BCUT2D eigenvalue weighted by molar-refractivity contribution is -0.384. The SMILES string of the molecule is CCOP(=O)(OCC)[C@@H](NC(=O)c1ccc(N2CCCC2)c([N+](=O)[O-])c1)c1ccccc1. The van der Waals surface area contributed by atoms with Gasteiger partial charge in [-0.05, 0) is 44.4 Å². The molecule has 1 aliphatic heterocycles. The zero-order valence-corrected chi connectivity index (χ0v) is 19.1. The molecule has 0 saturated carbocycles. The van der Waals surface area contributed by atoms with E-state index in [1.807, 2.05) is 4.90 Å². The van der Waals surface area contributed by atoms with Crippen LogP contribution in [-0.4, -0.2) is 37.1 Å². The van der Waals surface area contributed by atoms with E-state index >= 15 is 0 Å². The van der Waals surface area contributed by atoms with Gasteiger partial charge in [0.15, 0.2) is 5.78 Å². The summed E-state index contributed by atoms with van der Waals surface area (Å²) in [7, 11) is -3.76. The number of benzene rings is 2. The lowest BCUT2D eigenvalue weighted by Gasteiger charge is -2.27. The fourth-order valence-electron chi connectivity index (χ4n) is 3.77. The zero-order valence-electron chi connectivity index (χ0n) is 18.2. The van der Waals surface area contributed by atoms with Crippen molar-refractivity contribution in [2.24, 2.45) is 0 Å². The third-order valence-electron chi connectivity index (χ3n) is 5.20. The van der Waals surface area contributed by atoms with Crippen molar-refractivity contribution in [2.75, 3.05) is 31.2 Å². The van der Waals surface area contributed by atoms with Crippen LogP contribution in [0.2, 0.25) is 0 Å². The van der Waals surface area contributed by atoms with Crippen molar-refractivity contribution < 1.29 is 23.3 Å². The molecule has 0 bridgehead atoms. The topological polar surface area (TPSA) is 111 Å². The highest BCUT2D eigenvalue weighted by atomic mass is 31.2. The summed E-state index contributed by atoms with van der Waals surface area (Å²) in [6, 6.07) is 13.2. The summed E-state index contributed by atoms with van der Waals surface area (Å²) in [4.78, 5) is 26.3. The molecule has 0 aromatic heterocycles. The van der Waals surface area contributed by atoms with Crippen molar-refractivity contribution in [2.45, 2.75) is 32.5 Å². The van der Waals surface area contributed by atoms with Gasteiger partial charge in [-0.2, -0.15) is 0 Å². The van der Waals surface area contributed by atoms with Crippen molar-refractivity contribution in [1.29, 1.82) is 0 Å². The van der Waals surface area contributed by atoms with Crippen LogP contribution in [0.15, 0.2) is 48.5 Å². The van der Waals surface area contributed by atoms with Crippen LogP contribution in [0.1, 0.15) is 48.4 Å². The van der Waals surface area contributed by atoms with Crippen LogP contribution in [0.4, 0.5) is 11.4 Å². The molecule has 0 spiro atoms. The summed E-state index contributed by atoms with van der Waals surface area (Å²) in [6.07, 6.45) is 1.95. The first-order valence-electron chi connectivity index (χ1n) is 10.7. The number of nitro benzene ring substituents is 1. The molecular weight excluding hydrogens is 433 g/mol. The highest BCUT2D eigenvalue weighted by Crippen LogP contribution is 2.59. The van der Waals surface area contributed by atoms with Crippen molar-refractivity contribution >= 4 is 24.9 Å². The minimum absolute atomic E-state index is 0.0973. The number of hydrogen-bond acceptors (Lipinski definition) is 7. The van der Waals surface area contributed by atoms with Crippen molar-refractivity contribution in [3.8, 4) is 0 Å². The Hall–Kier alpha value is -2.74. The van der Waals surface area contributed by atoms with Gasteiger partial charge in [0.2, 0.25) is 0 Å². The van der Waals surface area contributed by atoms with Crippen LogP contribution in [0, 0.1) is 10.1 Å². The molecule has 2 aromatic carbocycles. The first-order chi connectivity index (χ1) is 15.4. The lowest BCUT2D eigenvalue weighted by Crippen LogP contribution is -2.30. The molecule has 3 rings (SSSR count). The second-order valence-electron chi connectivity index (χ2n) is 7.32. The summed E-state index contributed by atoms with van der Waals surface area (Å²) in [5.41, 5.74) is 1.01. The first-order valence-corrected chi connectivity index (χ1v) is 12.3. The van der Waals surface area contributed by atoms with E-state index in [1.54, 1.807) is 56.3 Å². The second kappa shape index (κ2) is 10.7. The third kappa shape index (κ3) is 5.35. The van der Waals surface area contributed by atoms with Gasteiger partial charge in [-0.15, -0.1) is 0 Å². The van der Waals surface area contributed by atoms with Crippen molar-refractivity contribution in [1.82, 2.24) is 5.32 Å². The van der Waals surface area contributed by atoms with Gasteiger partial charge in [-0.25, -0.2) is 0 Å². The van der Waals surface area contributed by atoms with Crippen molar-refractivity contribution in [3.05, 3.63) is 69.8 Å². The smallest absolute Gasteiger partial charge is 0.357 e. The van der Waals surface area contributed by atoms with Gasteiger partial charge >= 0.3 is 7.60 Å². The summed E-state index contributed by atoms with van der Waals surface area (Å²) < 4.78 is 24.5. The van der Waals surface area contributed by atoms with E-state index in [4.69, 9.17) is 9.05 Å². The fraction of sp³-hybridized carbons (Fsp3) is 0.409. The van der Waals surface area contributed by atoms with Crippen LogP contribution >= 0.6 is 7.60 Å². The maximum absolute atomic E-state index is 13.5. The average molecular weight is 461 g/mol. The molecule has 1 heterocycles. The van der Waals surface area contributed by atoms with Gasteiger partial charge < -0.3 is 19.3 Å². The van der Waals surface area contributed by atoms with E-state index in [9.17, 15) is 19.5 Å². The fourth-order valence-corrected chi connectivity index (χ4v) is 5.68. The second-order valence-corrected chi connectivity index (χ2v) is 9.43. The number of nitrogens with one attached hydrogen (secondary N) is 1. The largest absolute Gasteiger partial charge is 0.366 e. The quantitative estimate of drug-likeness (QED) is 0.305. The first kappa shape index (κ1) is 23.9. The highest BCUT2D eigenvalue weighted by Gasteiger charge is 2.38. The number of amides is 1. The van der Waals surface area contributed by atoms with Gasteiger partial charge in [-0.3, -0.25) is 19.5 Å². The summed E-state index contributed by atoms with van der Waals surface area (Å²) in [5, 5.41) is 14.4. The maximum Gasteiger partial charge on any atom is 0.357 e. The molecule has 1 aliphatic rings. The Bertz CT molecular complexity index is 984. The summed E-state index contributed by atoms with van der Waals surface area (Å²) >= 11 is 0. The number of carbonyl (C=O) groups is 1. The normalized spacial score (nSPS) is 14.9. The Kier molecular flexibility index (Phi) is 8.01. The number of anilines is 1. The number of carbonyl (C=O) groups excluding carboxylic acids is 1. The number of hydrogen-bond donors (Lipinski definition) is 1. The molecule has 32 heavy (non-hydrogen) atoms. The summed E-state index contributed by atoms with van der Waals surface area (Å²) in [5.74, 6) is -1.66. The molecule has 1 N–H and O–H groups in total. The highest BCUT2D eigenvalue weighted by molar-refractivity contribution is 7.54. The molecule has 0 unspecified atom stereocenters. The predicted octanol–water partition coefficient (Wildman–Crippen LogP) is 4.89. The van der Waals surface area contributed by atoms with Crippen LogP contribution < -0.4 is 10.2 Å². The van der Waals surface area contributed by atoms with E-state index in [2.05, 4.69) is 5.32 Å². The minimum Gasteiger partial charge on any atom is -0.366 e. The van der Waals surface area contributed by atoms with Gasteiger partial charge in [0.05, 0.1) is 18.1 Å². The van der Waals surface area contributed by atoms with Crippen LogP contribution in [-0.2, 0) is 13.6 Å². The molecule has 1 amide bonds. The molecule has 0 radical (unpaired) electrons. The summed E-state index contributed by atoms with van der Waals surface area (Å²) in [6.45, 7) is 5.13. The molecule has 0 aliphatic carbocycles. The van der Waals surface area contributed by atoms with E-state index in [1.165, 1.54) is 6.07 Å². The van der Waals surface area contributed by atoms with E-state index < -0.39 is 24.2 Å².